The maximum Gasteiger partial charge on any atom is 0.416 e. The number of aromatic nitrogens is 2. The number of alkyl halides is 3. The number of thiophene rings is 1. The average Bonchev–Trinajstić information content (AvgIpc) is 2.92. The number of hydrogen-bond donors (Lipinski definition) is 2. The summed E-state index contributed by atoms with van der Waals surface area (Å²) in [6, 6.07) is 2.30. The fourth-order valence-electron chi connectivity index (χ4n) is 2.90. The van der Waals surface area contributed by atoms with Gasteiger partial charge in [-0.05, 0) is 37.1 Å². The second kappa shape index (κ2) is 7.94. The number of aryl methyl sites for hydroxylation is 3. The molecule has 0 saturated heterocycles. The van der Waals surface area contributed by atoms with Crippen LogP contribution in [0.5, 0.6) is 0 Å². The Morgan fingerprint density at radius 3 is 2.69 bits per heavy atom. The minimum atomic E-state index is -4.72. The summed E-state index contributed by atoms with van der Waals surface area (Å²) >= 11 is 1.39. The molecule has 0 bridgehead atoms. The lowest BCUT2D eigenvalue weighted by Crippen LogP contribution is -2.25. The van der Waals surface area contributed by atoms with Crippen LogP contribution < -0.4 is 10.9 Å². The molecular weight excluding hydrogens is 410 g/mol. The highest BCUT2D eigenvalue weighted by Crippen LogP contribution is 2.32. The van der Waals surface area contributed by atoms with Crippen LogP contribution in [0.4, 0.5) is 17.6 Å². The molecular formula is C19H17F4N3O2S. The third kappa shape index (κ3) is 4.64. The van der Waals surface area contributed by atoms with Crippen molar-refractivity contribution in [2.45, 2.75) is 39.4 Å². The van der Waals surface area contributed by atoms with Crippen LogP contribution in [0.25, 0.3) is 10.2 Å². The van der Waals surface area contributed by atoms with E-state index in [2.05, 4.69) is 15.3 Å². The quantitative estimate of drug-likeness (QED) is 0.605. The number of fused-ring (bicyclic) bond motifs is 1. The smallest absolute Gasteiger partial charge is 0.352 e. The van der Waals surface area contributed by atoms with Crippen molar-refractivity contribution in [3.05, 3.63) is 61.8 Å². The highest BCUT2D eigenvalue weighted by atomic mass is 32.1. The van der Waals surface area contributed by atoms with Crippen molar-refractivity contribution >= 4 is 27.5 Å². The van der Waals surface area contributed by atoms with E-state index in [4.69, 9.17) is 0 Å². The number of nitrogens with zero attached hydrogens (tertiary/aromatic N) is 1. The highest BCUT2D eigenvalue weighted by molar-refractivity contribution is 7.18. The van der Waals surface area contributed by atoms with Gasteiger partial charge in [-0.25, -0.2) is 9.37 Å². The van der Waals surface area contributed by atoms with Crippen molar-refractivity contribution in [1.29, 1.82) is 0 Å². The Balaban J connectivity index is 1.66. The summed E-state index contributed by atoms with van der Waals surface area (Å²) in [6.45, 7) is 3.34. The fraction of sp³-hybridized carbons (Fsp3) is 0.316. The average molecular weight is 427 g/mol. The van der Waals surface area contributed by atoms with Crippen molar-refractivity contribution in [2.24, 2.45) is 0 Å². The van der Waals surface area contributed by atoms with Crippen molar-refractivity contribution < 1.29 is 22.4 Å². The largest absolute Gasteiger partial charge is 0.416 e. The van der Waals surface area contributed by atoms with Gasteiger partial charge in [0.15, 0.2) is 0 Å². The van der Waals surface area contributed by atoms with Gasteiger partial charge >= 0.3 is 6.18 Å². The van der Waals surface area contributed by atoms with Gasteiger partial charge in [0.25, 0.3) is 5.56 Å². The maximum absolute atomic E-state index is 13.1. The van der Waals surface area contributed by atoms with Crippen LogP contribution in [0, 0.1) is 19.7 Å². The number of H-pyrrole nitrogens is 1. The van der Waals surface area contributed by atoms with Gasteiger partial charge in [0.1, 0.15) is 16.5 Å². The van der Waals surface area contributed by atoms with Crippen LogP contribution in [0.3, 0.4) is 0 Å². The molecule has 154 valence electrons. The molecule has 1 amide bonds. The normalized spacial score (nSPS) is 11.8. The molecule has 5 nitrogen and oxygen atoms in total. The molecule has 0 atom stereocenters. The van der Waals surface area contributed by atoms with Crippen LogP contribution >= 0.6 is 11.3 Å². The Bertz CT molecular complexity index is 1130. The molecule has 0 radical (unpaired) electrons. The lowest BCUT2D eigenvalue weighted by molar-refractivity contribution is -0.138. The van der Waals surface area contributed by atoms with Gasteiger partial charge in [0.2, 0.25) is 5.91 Å². The van der Waals surface area contributed by atoms with E-state index in [0.29, 0.717) is 22.1 Å². The number of rotatable bonds is 5. The number of halogens is 4. The van der Waals surface area contributed by atoms with E-state index in [1.165, 1.54) is 11.3 Å². The number of benzene rings is 1. The maximum atomic E-state index is 13.1. The molecule has 0 aliphatic rings. The number of amides is 1. The lowest BCUT2D eigenvalue weighted by Gasteiger charge is -2.13. The van der Waals surface area contributed by atoms with E-state index in [1.807, 2.05) is 13.8 Å². The third-order valence-electron chi connectivity index (χ3n) is 4.53. The Hall–Kier alpha value is -2.75. The molecule has 3 aromatic rings. The van der Waals surface area contributed by atoms with Gasteiger partial charge < -0.3 is 10.3 Å². The van der Waals surface area contributed by atoms with E-state index >= 15 is 0 Å². The van der Waals surface area contributed by atoms with Crippen LogP contribution in [-0.2, 0) is 23.9 Å². The molecule has 0 unspecified atom stereocenters. The summed E-state index contributed by atoms with van der Waals surface area (Å²) in [5.74, 6) is -1.18. The van der Waals surface area contributed by atoms with E-state index in [-0.39, 0.29) is 30.5 Å². The first-order valence-electron chi connectivity index (χ1n) is 8.67. The molecule has 0 saturated carbocycles. The molecule has 2 N–H and O–H groups in total. The second-order valence-corrected chi connectivity index (χ2v) is 7.76. The summed E-state index contributed by atoms with van der Waals surface area (Å²) in [5.41, 5.74) is -0.779. The minimum Gasteiger partial charge on any atom is -0.352 e. The SMILES string of the molecule is Cc1sc2nc(CCC(=O)NCc3ccc(F)cc3C(F)(F)F)[nH]c(=O)c2c1C. The van der Waals surface area contributed by atoms with Gasteiger partial charge in [0, 0.05) is 24.3 Å². The Kier molecular flexibility index (Phi) is 5.74. The molecule has 3 rings (SSSR count). The zero-order valence-electron chi connectivity index (χ0n) is 15.5. The third-order valence-corrected chi connectivity index (χ3v) is 5.63. The zero-order chi connectivity index (χ0) is 21.3. The minimum absolute atomic E-state index is 0.0691. The van der Waals surface area contributed by atoms with Crippen molar-refractivity contribution in [3.63, 3.8) is 0 Å². The van der Waals surface area contributed by atoms with Gasteiger partial charge in [-0.3, -0.25) is 9.59 Å². The molecule has 0 aliphatic carbocycles. The Morgan fingerprint density at radius 1 is 1.28 bits per heavy atom. The summed E-state index contributed by atoms with van der Waals surface area (Å²) < 4.78 is 52.1. The van der Waals surface area contributed by atoms with Gasteiger partial charge in [-0.15, -0.1) is 11.3 Å². The summed E-state index contributed by atoms with van der Waals surface area (Å²) in [4.78, 5) is 32.8. The molecule has 0 spiro atoms. The lowest BCUT2D eigenvalue weighted by atomic mass is 10.1. The van der Waals surface area contributed by atoms with Crippen LogP contribution in [0.15, 0.2) is 23.0 Å². The van der Waals surface area contributed by atoms with Gasteiger partial charge in [-0.2, -0.15) is 13.2 Å². The van der Waals surface area contributed by atoms with Crippen molar-refractivity contribution in [3.8, 4) is 0 Å². The van der Waals surface area contributed by atoms with Crippen LogP contribution in [0.1, 0.15) is 33.8 Å². The van der Waals surface area contributed by atoms with Gasteiger partial charge in [-0.1, -0.05) is 6.07 Å². The molecule has 2 aromatic heterocycles. The molecule has 1 aromatic carbocycles. The molecule has 10 heteroatoms. The van der Waals surface area contributed by atoms with E-state index in [1.54, 1.807) is 0 Å². The molecule has 0 aliphatic heterocycles. The fourth-order valence-corrected chi connectivity index (χ4v) is 3.95. The van der Waals surface area contributed by atoms with Crippen LogP contribution in [0.2, 0.25) is 0 Å². The van der Waals surface area contributed by atoms with E-state index in [9.17, 15) is 27.2 Å². The highest BCUT2D eigenvalue weighted by Gasteiger charge is 2.33. The first kappa shape index (κ1) is 21.0. The number of aromatic amines is 1. The number of nitrogens with one attached hydrogen (secondary N) is 2. The standard InChI is InChI=1S/C19H17F4N3O2S/c1-9-10(2)29-18-16(9)17(28)25-14(26-18)5-6-15(27)24-8-11-3-4-12(20)7-13(11)19(21,22)23/h3-4,7H,5-6,8H2,1-2H3,(H,24,27)(H,25,26,28). The predicted molar refractivity (Wildman–Crippen MR) is 101 cm³/mol. The topological polar surface area (TPSA) is 74.8 Å². The summed E-state index contributed by atoms with van der Waals surface area (Å²) in [6.07, 6.45) is -4.67. The second-order valence-electron chi connectivity index (χ2n) is 6.55. The molecule has 0 fully saturated rings. The van der Waals surface area contributed by atoms with Crippen LogP contribution in [-0.4, -0.2) is 15.9 Å². The Morgan fingerprint density at radius 2 is 2.00 bits per heavy atom. The van der Waals surface area contributed by atoms with Gasteiger partial charge in [0.05, 0.1) is 10.9 Å². The summed E-state index contributed by atoms with van der Waals surface area (Å²) in [5, 5.41) is 2.91. The zero-order valence-corrected chi connectivity index (χ0v) is 16.4. The Labute approximate surface area is 166 Å². The number of carbonyl (C=O) groups is 1. The van der Waals surface area contributed by atoms with Crippen molar-refractivity contribution in [1.82, 2.24) is 15.3 Å². The number of carbonyl (C=O) groups excluding carboxylic acids is 1. The monoisotopic (exact) mass is 427 g/mol. The number of hydrogen-bond acceptors (Lipinski definition) is 4. The predicted octanol–water partition coefficient (Wildman–Crippen LogP) is 4.01. The van der Waals surface area contributed by atoms with Crippen molar-refractivity contribution in [2.75, 3.05) is 0 Å². The summed E-state index contributed by atoms with van der Waals surface area (Å²) in [7, 11) is 0. The first-order valence-corrected chi connectivity index (χ1v) is 9.49. The van der Waals surface area contributed by atoms with E-state index < -0.39 is 23.5 Å². The molecule has 2 heterocycles. The van der Waals surface area contributed by atoms with E-state index in [0.717, 1.165) is 22.6 Å². The molecule has 29 heavy (non-hydrogen) atoms. The first-order chi connectivity index (χ1) is 13.6.